The first-order valence-electron chi connectivity index (χ1n) is 7.84. The summed E-state index contributed by atoms with van der Waals surface area (Å²) >= 11 is 0. The zero-order valence-corrected chi connectivity index (χ0v) is 12.4. The third-order valence-corrected chi connectivity index (χ3v) is 4.83. The Morgan fingerprint density at radius 1 is 0.947 bits per heavy atom. The molecule has 0 bridgehead atoms. The van der Waals surface area contributed by atoms with Gasteiger partial charge in [-0.1, -0.05) is 0 Å². The Hall–Kier alpha value is -0.410. The normalized spacial score (nSPS) is 36.1. The number of ketones is 1. The van der Waals surface area contributed by atoms with E-state index in [1.54, 1.807) is 14.0 Å². The maximum absolute atomic E-state index is 11.3. The fourth-order valence-corrected chi connectivity index (χ4v) is 3.55. The van der Waals surface area contributed by atoms with Crippen molar-refractivity contribution in [2.24, 2.45) is 11.8 Å². The van der Waals surface area contributed by atoms with Crippen LogP contribution in [0.5, 0.6) is 0 Å². The first kappa shape index (κ1) is 15.0. The van der Waals surface area contributed by atoms with E-state index >= 15 is 0 Å². The predicted octanol–water partition coefficient (Wildman–Crippen LogP) is 3.36. The lowest BCUT2D eigenvalue weighted by molar-refractivity contribution is -0.123. The summed E-state index contributed by atoms with van der Waals surface area (Å²) in [5.74, 6) is 1.40. The number of methoxy groups -OCH3 is 1. The summed E-state index contributed by atoms with van der Waals surface area (Å²) in [4.78, 5) is 11.3. The molecular formula is C16H28O3. The average Bonchev–Trinajstić information content (AvgIpc) is 2.42. The van der Waals surface area contributed by atoms with Crippen molar-refractivity contribution in [3.8, 4) is 0 Å². The van der Waals surface area contributed by atoms with Gasteiger partial charge >= 0.3 is 0 Å². The van der Waals surface area contributed by atoms with Crippen LogP contribution in [0, 0.1) is 11.8 Å². The number of hydrogen-bond acceptors (Lipinski definition) is 3. The fraction of sp³-hybridized carbons (Fsp3) is 0.938. The van der Waals surface area contributed by atoms with Crippen LogP contribution in [-0.4, -0.2) is 31.7 Å². The average molecular weight is 268 g/mol. The number of Topliss-reactive ketones (excluding diaryl/α,β-unsaturated/α-hetero) is 1. The van der Waals surface area contributed by atoms with E-state index in [0.29, 0.717) is 23.9 Å². The fourth-order valence-electron chi connectivity index (χ4n) is 3.55. The van der Waals surface area contributed by atoms with Gasteiger partial charge < -0.3 is 9.47 Å². The molecule has 0 unspecified atom stereocenters. The molecule has 3 heteroatoms. The van der Waals surface area contributed by atoms with Crippen LogP contribution in [-0.2, 0) is 14.3 Å². The van der Waals surface area contributed by atoms with Crippen molar-refractivity contribution in [3.63, 3.8) is 0 Å². The van der Waals surface area contributed by atoms with E-state index in [2.05, 4.69) is 0 Å². The summed E-state index contributed by atoms with van der Waals surface area (Å²) in [6.07, 6.45) is 9.89. The SMILES string of the molecule is COCC1CCC(OC2CCC(C(C)=O)CC2)CC1. The smallest absolute Gasteiger partial charge is 0.132 e. The quantitative estimate of drug-likeness (QED) is 0.767. The Morgan fingerprint density at radius 3 is 1.95 bits per heavy atom. The monoisotopic (exact) mass is 268 g/mol. The van der Waals surface area contributed by atoms with E-state index in [1.807, 2.05) is 0 Å². The number of ether oxygens (including phenoxy) is 2. The Morgan fingerprint density at radius 2 is 1.47 bits per heavy atom. The standard InChI is InChI=1S/C16H28O3/c1-12(17)14-5-9-16(10-6-14)19-15-7-3-13(4-8-15)11-18-2/h13-16H,3-11H2,1-2H3. The molecule has 0 N–H and O–H groups in total. The largest absolute Gasteiger partial charge is 0.384 e. The zero-order chi connectivity index (χ0) is 13.7. The molecule has 0 spiro atoms. The summed E-state index contributed by atoms with van der Waals surface area (Å²) < 4.78 is 11.5. The van der Waals surface area contributed by atoms with Gasteiger partial charge in [0.15, 0.2) is 0 Å². The van der Waals surface area contributed by atoms with Crippen LogP contribution in [0.3, 0.4) is 0 Å². The Bertz CT molecular complexity index is 274. The highest BCUT2D eigenvalue weighted by Crippen LogP contribution is 2.32. The van der Waals surface area contributed by atoms with Crippen LogP contribution in [0.2, 0.25) is 0 Å². The second-order valence-corrected chi connectivity index (χ2v) is 6.32. The molecule has 0 aromatic rings. The van der Waals surface area contributed by atoms with Gasteiger partial charge in [0.2, 0.25) is 0 Å². The second-order valence-electron chi connectivity index (χ2n) is 6.32. The highest BCUT2D eigenvalue weighted by Gasteiger charge is 2.28. The molecule has 2 aliphatic rings. The van der Waals surface area contributed by atoms with Gasteiger partial charge in [-0.2, -0.15) is 0 Å². The van der Waals surface area contributed by atoms with Crippen LogP contribution < -0.4 is 0 Å². The molecule has 0 aromatic carbocycles. The van der Waals surface area contributed by atoms with Crippen LogP contribution in [0.15, 0.2) is 0 Å². The van der Waals surface area contributed by atoms with Crippen molar-refractivity contribution in [3.05, 3.63) is 0 Å². The van der Waals surface area contributed by atoms with Crippen molar-refractivity contribution in [2.75, 3.05) is 13.7 Å². The lowest BCUT2D eigenvalue weighted by Gasteiger charge is -2.34. The van der Waals surface area contributed by atoms with E-state index in [0.717, 1.165) is 38.2 Å². The first-order valence-corrected chi connectivity index (χ1v) is 7.84. The van der Waals surface area contributed by atoms with Crippen LogP contribution in [0.25, 0.3) is 0 Å². The van der Waals surface area contributed by atoms with Crippen molar-refractivity contribution < 1.29 is 14.3 Å². The molecule has 2 saturated carbocycles. The predicted molar refractivity (Wildman–Crippen MR) is 75.1 cm³/mol. The van der Waals surface area contributed by atoms with Crippen LogP contribution in [0.1, 0.15) is 58.3 Å². The molecule has 2 fully saturated rings. The lowest BCUT2D eigenvalue weighted by atomic mass is 9.84. The summed E-state index contributed by atoms with van der Waals surface area (Å²) in [5.41, 5.74) is 0. The molecule has 110 valence electrons. The van der Waals surface area contributed by atoms with E-state index < -0.39 is 0 Å². The maximum Gasteiger partial charge on any atom is 0.132 e. The highest BCUT2D eigenvalue weighted by atomic mass is 16.5. The van der Waals surface area contributed by atoms with Gasteiger partial charge in [-0.25, -0.2) is 0 Å². The van der Waals surface area contributed by atoms with E-state index in [-0.39, 0.29) is 0 Å². The van der Waals surface area contributed by atoms with Crippen LogP contribution in [0.4, 0.5) is 0 Å². The van der Waals surface area contributed by atoms with Crippen LogP contribution >= 0.6 is 0 Å². The molecule has 0 radical (unpaired) electrons. The summed E-state index contributed by atoms with van der Waals surface area (Å²) in [6.45, 7) is 2.62. The molecule has 19 heavy (non-hydrogen) atoms. The number of carbonyl (C=O) groups is 1. The molecule has 0 atom stereocenters. The zero-order valence-electron chi connectivity index (χ0n) is 12.4. The van der Waals surface area contributed by atoms with Gasteiger partial charge in [0.25, 0.3) is 0 Å². The Balaban J connectivity index is 1.65. The van der Waals surface area contributed by atoms with E-state index in [1.165, 1.54) is 25.7 Å². The minimum Gasteiger partial charge on any atom is -0.384 e. The maximum atomic E-state index is 11.3. The van der Waals surface area contributed by atoms with Gasteiger partial charge in [-0.15, -0.1) is 0 Å². The van der Waals surface area contributed by atoms with E-state index in [4.69, 9.17) is 9.47 Å². The molecule has 0 saturated heterocycles. The molecular weight excluding hydrogens is 240 g/mol. The van der Waals surface area contributed by atoms with Gasteiger partial charge in [0.05, 0.1) is 12.2 Å². The molecule has 0 aromatic heterocycles. The highest BCUT2D eigenvalue weighted by molar-refractivity contribution is 5.78. The third kappa shape index (κ3) is 4.57. The minimum absolute atomic E-state index is 0.303. The number of carbonyl (C=O) groups excluding carboxylic acids is 1. The minimum atomic E-state index is 0.303. The van der Waals surface area contributed by atoms with Crippen molar-refractivity contribution in [1.82, 2.24) is 0 Å². The molecule has 2 aliphatic carbocycles. The summed E-state index contributed by atoms with van der Waals surface area (Å²) in [6, 6.07) is 0. The van der Waals surface area contributed by atoms with Gasteiger partial charge in [0.1, 0.15) is 5.78 Å². The number of rotatable bonds is 5. The van der Waals surface area contributed by atoms with Gasteiger partial charge in [0, 0.05) is 19.6 Å². The third-order valence-electron chi connectivity index (χ3n) is 4.83. The second kappa shape index (κ2) is 7.39. The lowest BCUT2D eigenvalue weighted by Crippen LogP contribution is -2.31. The topological polar surface area (TPSA) is 35.5 Å². The summed E-state index contributed by atoms with van der Waals surface area (Å²) in [5, 5.41) is 0. The van der Waals surface area contributed by atoms with Crippen molar-refractivity contribution >= 4 is 5.78 Å². The van der Waals surface area contributed by atoms with Crippen molar-refractivity contribution in [2.45, 2.75) is 70.5 Å². The number of hydrogen-bond donors (Lipinski definition) is 0. The Labute approximate surface area is 117 Å². The van der Waals surface area contributed by atoms with Crippen molar-refractivity contribution in [1.29, 1.82) is 0 Å². The molecule has 0 heterocycles. The van der Waals surface area contributed by atoms with E-state index in [9.17, 15) is 4.79 Å². The Kier molecular flexibility index (Phi) is 5.83. The molecule has 3 nitrogen and oxygen atoms in total. The molecule has 0 aliphatic heterocycles. The molecule has 2 rings (SSSR count). The summed E-state index contributed by atoms with van der Waals surface area (Å²) in [7, 11) is 1.79. The van der Waals surface area contributed by atoms with Gasteiger partial charge in [-0.05, 0) is 64.2 Å². The first-order chi connectivity index (χ1) is 9.19. The molecule has 0 amide bonds. The van der Waals surface area contributed by atoms with Gasteiger partial charge in [-0.3, -0.25) is 4.79 Å².